The van der Waals surface area contributed by atoms with E-state index >= 15 is 0 Å². The van der Waals surface area contributed by atoms with Gasteiger partial charge in [-0.1, -0.05) is 127 Å². The van der Waals surface area contributed by atoms with E-state index in [0.717, 1.165) is 11.4 Å². The monoisotopic (exact) mass is 597 g/mol. The molecule has 0 bridgehead atoms. The smallest absolute Gasteiger partial charge is 0.0726 e. The van der Waals surface area contributed by atoms with Crippen LogP contribution in [0.4, 0.5) is 17.1 Å². The van der Waals surface area contributed by atoms with Gasteiger partial charge >= 0.3 is 0 Å². The van der Waals surface area contributed by atoms with Crippen LogP contribution in [-0.4, -0.2) is 0 Å². The summed E-state index contributed by atoms with van der Waals surface area (Å²) < 4.78 is 0. The number of fused-ring (bicyclic) bond motifs is 13. The van der Waals surface area contributed by atoms with Crippen LogP contribution >= 0.6 is 0 Å². The Labute approximate surface area is 275 Å². The van der Waals surface area contributed by atoms with Gasteiger partial charge in [0.05, 0.1) is 11.1 Å². The van der Waals surface area contributed by atoms with E-state index in [2.05, 4.69) is 182 Å². The Morgan fingerprint density at radius 2 is 1.00 bits per heavy atom. The average Bonchev–Trinajstić information content (AvgIpc) is 3.58. The molecular weight excluding hydrogens is 567 g/mol. The zero-order valence-corrected chi connectivity index (χ0v) is 26.1. The molecule has 220 valence electrons. The molecule has 0 saturated heterocycles. The molecular formula is C46H31N. The molecule has 0 aromatic heterocycles. The Morgan fingerprint density at radius 1 is 0.404 bits per heavy atom. The lowest BCUT2D eigenvalue weighted by molar-refractivity contribution is 0.795. The van der Waals surface area contributed by atoms with Crippen LogP contribution in [0.1, 0.15) is 27.8 Å². The van der Waals surface area contributed by atoms with E-state index < -0.39 is 5.41 Å². The quantitative estimate of drug-likeness (QED) is 0.196. The predicted molar refractivity (Wildman–Crippen MR) is 197 cm³/mol. The standard InChI is InChI=1S/C46H31N/c1-30-14-13-19-34(26-30)47(33-17-3-2-4-18-33)44-29-43-45(38-23-8-7-22-37(38)44)39-27-31-15-5-6-16-32(31)28-42(39)46(43)40-24-11-9-20-35(40)36-21-10-12-25-41(36)46/h2-29H,1H3. The van der Waals surface area contributed by atoms with Crippen LogP contribution < -0.4 is 4.90 Å². The highest BCUT2D eigenvalue weighted by Crippen LogP contribution is 2.65. The van der Waals surface area contributed by atoms with Crippen LogP contribution in [0.3, 0.4) is 0 Å². The molecule has 8 aromatic carbocycles. The van der Waals surface area contributed by atoms with Crippen molar-refractivity contribution in [2.45, 2.75) is 12.3 Å². The summed E-state index contributed by atoms with van der Waals surface area (Å²) in [6.45, 7) is 2.18. The third-order valence-electron chi connectivity index (χ3n) is 10.5. The van der Waals surface area contributed by atoms with Gasteiger partial charge in [0.15, 0.2) is 0 Å². The number of anilines is 3. The fourth-order valence-corrected chi connectivity index (χ4v) is 8.62. The summed E-state index contributed by atoms with van der Waals surface area (Å²) in [7, 11) is 0. The van der Waals surface area contributed by atoms with Crippen LogP contribution in [-0.2, 0) is 5.41 Å². The zero-order chi connectivity index (χ0) is 31.1. The van der Waals surface area contributed by atoms with Gasteiger partial charge in [-0.2, -0.15) is 0 Å². The molecule has 0 atom stereocenters. The van der Waals surface area contributed by atoms with E-state index in [1.165, 1.54) is 77.3 Å². The van der Waals surface area contributed by atoms with Gasteiger partial charge in [-0.25, -0.2) is 0 Å². The first-order chi connectivity index (χ1) is 23.2. The highest BCUT2D eigenvalue weighted by Gasteiger charge is 2.52. The molecule has 0 amide bonds. The number of hydrogen-bond donors (Lipinski definition) is 0. The summed E-state index contributed by atoms with van der Waals surface area (Å²) in [4.78, 5) is 2.45. The minimum atomic E-state index is -0.449. The highest BCUT2D eigenvalue weighted by atomic mass is 15.1. The van der Waals surface area contributed by atoms with Gasteiger partial charge in [-0.15, -0.1) is 0 Å². The van der Waals surface area contributed by atoms with Crippen molar-refractivity contribution in [2.75, 3.05) is 4.90 Å². The first-order valence-electron chi connectivity index (χ1n) is 16.4. The largest absolute Gasteiger partial charge is 0.310 e. The molecule has 1 spiro atoms. The third-order valence-corrected chi connectivity index (χ3v) is 10.5. The van der Waals surface area contributed by atoms with Crippen LogP contribution in [0.5, 0.6) is 0 Å². The van der Waals surface area contributed by atoms with E-state index in [1.54, 1.807) is 0 Å². The molecule has 0 saturated carbocycles. The molecule has 47 heavy (non-hydrogen) atoms. The molecule has 0 unspecified atom stereocenters. The van der Waals surface area contributed by atoms with Gasteiger partial charge in [0.2, 0.25) is 0 Å². The van der Waals surface area contributed by atoms with Gasteiger partial charge < -0.3 is 4.90 Å². The number of hydrogen-bond acceptors (Lipinski definition) is 1. The molecule has 1 heteroatoms. The van der Waals surface area contributed by atoms with Crippen molar-refractivity contribution in [3.05, 3.63) is 198 Å². The maximum Gasteiger partial charge on any atom is 0.0726 e. The minimum absolute atomic E-state index is 0.449. The van der Waals surface area contributed by atoms with Gasteiger partial charge in [0, 0.05) is 16.8 Å². The van der Waals surface area contributed by atoms with E-state index in [4.69, 9.17) is 0 Å². The van der Waals surface area contributed by atoms with Gasteiger partial charge in [0.25, 0.3) is 0 Å². The Hall–Kier alpha value is -5.92. The maximum atomic E-state index is 2.52. The normalized spacial score (nSPS) is 13.4. The molecule has 1 nitrogen and oxygen atoms in total. The van der Waals surface area contributed by atoms with E-state index in [9.17, 15) is 0 Å². The van der Waals surface area contributed by atoms with Crippen molar-refractivity contribution in [1.29, 1.82) is 0 Å². The summed E-state index contributed by atoms with van der Waals surface area (Å²) in [5.41, 5.74) is 15.0. The molecule has 2 aliphatic rings. The summed E-state index contributed by atoms with van der Waals surface area (Å²) in [6, 6.07) is 63.2. The second-order valence-corrected chi connectivity index (χ2v) is 13.0. The fourth-order valence-electron chi connectivity index (χ4n) is 8.62. The van der Waals surface area contributed by atoms with Crippen molar-refractivity contribution in [3.63, 3.8) is 0 Å². The van der Waals surface area contributed by atoms with Crippen LogP contribution in [0.2, 0.25) is 0 Å². The van der Waals surface area contributed by atoms with E-state index in [1.807, 2.05) is 0 Å². The molecule has 0 radical (unpaired) electrons. The second-order valence-electron chi connectivity index (χ2n) is 13.0. The first-order valence-corrected chi connectivity index (χ1v) is 16.4. The first kappa shape index (κ1) is 26.3. The van der Waals surface area contributed by atoms with Crippen LogP contribution in [0, 0.1) is 6.92 Å². The highest BCUT2D eigenvalue weighted by molar-refractivity contribution is 6.13. The lowest BCUT2D eigenvalue weighted by Gasteiger charge is -2.33. The molecule has 0 heterocycles. The van der Waals surface area contributed by atoms with E-state index in [0.29, 0.717) is 0 Å². The number of rotatable bonds is 3. The topological polar surface area (TPSA) is 3.24 Å². The summed E-state index contributed by atoms with van der Waals surface area (Å²) in [5.74, 6) is 0. The number of nitrogens with zero attached hydrogens (tertiary/aromatic N) is 1. The summed E-state index contributed by atoms with van der Waals surface area (Å²) in [6.07, 6.45) is 0. The maximum absolute atomic E-state index is 2.52. The molecule has 0 N–H and O–H groups in total. The number of benzene rings is 8. The average molecular weight is 598 g/mol. The van der Waals surface area contributed by atoms with Crippen LogP contribution in [0.25, 0.3) is 43.8 Å². The van der Waals surface area contributed by atoms with Gasteiger partial charge in [-0.05, 0) is 116 Å². The molecule has 0 aliphatic heterocycles. The molecule has 2 aliphatic carbocycles. The summed E-state index contributed by atoms with van der Waals surface area (Å²) >= 11 is 0. The second kappa shape index (κ2) is 9.79. The van der Waals surface area contributed by atoms with Gasteiger partial charge in [-0.3, -0.25) is 0 Å². The Kier molecular flexibility index (Phi) is 5.48. The minimum Gasteiger partial charge on any atom is -0.310 e. The zero-order valence-electron chi connectivity index (χ0n) is 26.1. The van der Waals surface area contributed by atoms with Crippen molar-refractivity contribution in [3.8, 4) is 22.3 Å². The molecule has 10 rings (SSSR count). The Bertz CT molecular complexity index is 2500. The third kappa shape index (κ3) is 3.54. The van der Waals surface area contributed by atoms with Crippen molar-refractivity contribution >= 4 is 38.6 Å². The molecule has 0 fully saturated rings. The lowest BCUT2D eigenvalue weighted by atomic mass is 9.70. The number of aryl methyl sites for hydroxylation is 1. The van der Waals surface area contributed by atoms with Crippen LogP contribution in [0.15, 0.2) is 170 Å². The van der Waals surface area contributed by atoms with Crippen molar-refractivity contribution < 1.29 is 0 Å². The fraction of sp³-hybridized carbons (Fsp3) is 0.0435. The lowest BCUT2D eigenvalue weighted by Crippen LogP contribution is -2.26. The molecule has 8 aromatic rings. The number of para-hydroxylation sites is 1. The van der Waals surface area contributed by atoms with Crippen molar-refractivity contribution in [2.24, 2.45) is 0 Å². The predicted octanol–water partition coefficient (Wildman–Crippen LogP) is 12.1. The van der Waals surface area contributed by atoms with E-state index in [-0.39, 0.29) is 0 Å². The van der Waals surface area contributed by atoms with Crippen molar-refractivity contribution in [1.82, 2.24) is 0 Å². The van der Waals surface area contributed by atoms with Gasteiger partial charge in [0.1, 0.15) is 0 Å². The summed E-state index contributed by atoms with van der Waals surface area (Å²) in [5, 5.41) is 5.07. The Balaban J connectivity index is 1.41. The SMILES string of the molecule is Cc1cccc(N(c2ccccc2)c2cc3c(c4ccccc24)-c2cc4ccccc4cc2C32c3ccccc3-c3ccccc32)c1. The Morgan fingerprint density at radius 3 is 1.72 bits per heavy atom.